The highest BCUT2D eigenvalue weighted by Crippen LogP contribution is 2.08. The molecule has 4 heteroatoms. The first-order valence-corrected chi connectivity index (χ1v) is 6.71. The van der Waals surface area contributed by atoms with Crippen molar-refractivity contribution in [3.05, 3.63) is 60.2 Å². The summed E-state index contributed by atoms with van der Waals surface area (Å²) in [6.07, 6.45) is 6.37. The molecule has 2 rings (SSSR count). The molecule has 1 atom stereocenters. The molecule has 20 heavy (non-hydrogen) atoms. The van der Waals surface area contributed by atoms with Gasteiger partial charge in [-0.2, -0.15) is 0 Å². The molecular formula is C16H19N3O. The van der Waals surface area contributed by atoms with E-state index in [0.717, 1.165) is 17.7 Å². The molecule has 2 aromatic rings. The predicted octanol–water partition coefficient (Wildman–Crippen LogP) is 2.11. The number of likely N-dealkylation sites (N-methyl/N-ethyl adjacent to an activating group) is 1. The number of rotatable bonds is 5. The lowest BCUT2D eigenvalue weighted by Gasteiger charge is -2.25. The summed E-state index contributed by atoms with van der Waals surface area (Å²) >= 11 is 0. The maximum atomic E-state index is 12.2. The highest BCUT2D eigenvalue weighted by atomic mass is 16.2. The lowest BCUT2D eigenvalue weighted by Crippen LogP contribution is -2.37. The Labute approximate surface area is 119 Å². The van der Waals surface area contributed by atoms with Gasteiger partial charge in [-0.25, -0.2) is 0 Å². The van der Waals surface area contributed by atoms with E-state index in [9.17, 15) is 4.79 Å². The number of aromatic nitrogens is 2. The zero-order valence-corrected chi connectivity index (χ0v) is 11.9. The third kappa shape index (κ3) is 3.88. The molecule has 0 radical (unpaired) electrons. The molecule has 0 aliphatic rings. The molecule has 0 aromatic carbocycles. The molecule has 0 aliphatic carbocycles. The van der Waals surface area contributed by atoms with E-state index < -0.39 is 0 Å². The maximum Gasteiger partial charge on any atom is 0.226 e. The standard InChI is InChI=1S/C16H19N3O/c1-13(11-15-5-3-4-8-18-15)19(2)16(20)12-14-6-9-17-10-7-14/h3-10,13H,11-12H2,1-2H3. The second kappa shape index (κ2) is 6.80. The molecule has 0 N–H and O–H groups in total. The number of nitrogens with zero attached hydrogens (tertiary/aromatic N) is 3. The van der Waals surface area contributed by atoms with Gasteiger partial charge in [-0.1, -0.05) is 6.07 Å². The van der Waals surface area contributed by atoms with Crippen LogP contribution in [-0.4, -0.2) is 33.9 Å². The Morgan fingerprint density at radius 1 is 1.20 bits per heavy atom. The minimum Gasteiger partial charge on any atom is -0.342 e. The molecule has 0 aliphatic heterocycles. The lowest BCUT2D eigenvalue weighted by molar-refractivity contribution is -0.130. The van der Waals surface area contributed by atoms with Crippen LogP contribution in [0.3, 0.4) is 0 Å². The van der Waals surface area contributed by atoms with E-state index in [2.05, 4.69) is 9.97 Å². The Bertz CT molecular complexity index is 542. The van der Waals surface area contributed by atoms with Gasteiger partial charge in [0.2, 0.25) is 5.91 Å². The summed E-state index contributed by atoms with van der Waals surface area (Å²) in [7, 11) is 1.84. The molecule has 0 fully saturated rings. The summed E-state index contributed by atoms with van der Waals surface area (Å²) in [5, 5.41) is 0. The summed E-state index contributed by atoms with van der Waals surface area (Å²) in [4.78, 5) is 22.3. The van der Waals surface area contributed by atoms with Crippen LogP contribution in [0.2, 0.25) is 0 Å². The van der Waals surface area contributed by atoms with Gasteiger partial charge < -0.3 is 4.90 Å². The van der Waals surface area contributed by atoms with Crippen molar-refractivity contribution in [2.45, 2.75) is 25.8 Å². The van der Waals surface area contributed by atoms with E-state index in [0.29, 0.717) is 6.42 Å². The van der Waals surface area contributed by atoms with Gasteiger partial charge in [-0.3, -0.25) is 14.8 Å². The molecule has 2 heterocycles. The quantitative estimate of drug-likeness (QED) is 0.835. The SMILES string of the molecule is CC(Cc1ccccn1)N(C)C(=O)Cc1ccncc1. The number of carbonyl (C=O) groups excluding carboxylic acids is 1. The van der Waals surface area contributed by atoms with Crippen LogP contribution in [0.1, 0.15) is 18.2 Å². The molecule has 1 unspecified atom stereocenters. The normalized spacial score (nSPS) is 11.9. The van der Waals surface area contributed by atoms with Gasteiger partial charge in [-0.15, -0.1) is 0 Å². The van der Waals surface area contributed by atoms with Gasteiger partial charge in [0.1, 0.15) is 0 Å². The Morgan fingerprint density at radius 3 is 2.60 bits per heavy atom. The third-order valence-corrected chi connectivity index (χ3v) is 3.39. The Hall–Kier alpha value is -2.23. The molecule has 0 bridgehead atoms. The van der Waals surface area contributed by atoms with E-state index >= 15 is 0 Å². The monoisotopic (exact) mass is 269 g/mol. The minimum atomic E-state index is 0.111. The van der Waals surface area contributed by atoms with E-state index in [1.807, 2.05) is 44.3 Å². The van der Waals surface area contributed by atoms with E-state index in [1.165, 1.54) is 0 Å². The summed E-state index contributed by atoms with van der Waals surface area (Å²) in [6.45, 7) is 2.04. The lowest BCUT2D eigenvalue weighted by atomic mass is 10.1. The molecule has 1 amide bonds. The fourth-order valence-corrected chi connectivity index (χ4v) is 2.00. The van der Waals surface area contributed by atoms with E-state index in [4.69, 9.17) is 0 Å². The van der Waals surface area contributed by atoms with Crippen molar-refractivity contribution in [1.29, 1.82) is 0 Å². The largest absolute Gasteiger partial charge is 0.342 e. The first-order chi connectivity index (χ1) is 9.66. The van der Waals surface area contributed by atoms with Crippen LogP contribution < -0.4 is 0 Å². The van der Waals surface area contributed by atoms with Crippen LogP contribution in [-0.2, 0) is 17.6 Å². The van der Waals surface area contributed by atoms with Gasteiger partial charge in [0, 0.05) is 43.8 Å². The van der Waals surface area contributed by atoms with Crippen LogP contribution in [0.15, 0.2) is 48.9 Å². The molecule has 0 saturated heterocycles. The Balaban J connectivity index is 1.93. The van der Waals surface area contributed by atoms with Crippen molar-refractivity contribution in [2.75, 3.05) is 7.05 Å². The van der Waals surface area contributed by atoms with E-state index in [-0.39, 0.29) is 11.9 Å². The summed E-state index contributed by atoms with van der Waals surface area (Å²) in [5.41, 5.74) is 1.99. The summed E-state index contributed by atoms with van der Waals surface area (Å²) in [6, 6.07) is 9.71. The summed E-state index contributed by atoms with van der Waals surface area (Å²) < 4.78 is 0. The Kier molecular flexibility index (Phi) is 4.82. The fourth-order valence-electron chi connectivity index (χ4n) is 2.00. The Morgan fingerprint density at radius 2 is 1.95 bits per heavy atom. The van der Waals surface area contributed by atoms with Gasteiger partial charge >= 0.3 is 0 Å². The van der Waals surface area contributed by atoms with E-state index in [1.54, 1.807) is 23.5 Å². The molecule has 4 nitrogen and oxygen atoms in total. The molecule has 2 aromatic heterocycles. The second-order valence-electron chi connectivity index (χ2n) is 4.91. The van der Waals surface area contributed by atoms with Crippen molar-refractivity contribution >= 4 is 5.91 Å². The van der Waals surface area contributed by atoms with Crippen LogP contribution in [0.5, 0.6) is 0 Å². The van der Waals surface area contributed by atoms with Crippen LogP contribution in [0.4, 0.5) is 0 Å². The number of pyridine rings is 2. The number of carbonyl (C=O) groups is 1. The first-order valence-electron chi connectivity index (χ1n) is 6.71. The van der Waals surface area contributed by atoms with Crippen molar-refractivity contribution in [3.63, 3.8) is 0 Å². The average Bonchev–Trinajstić information content (AvgIpc) is 2.48. The molecule has 0 saturated carbocycles. The fraction of sp³-hybridized carbons (Fsp3) is 0.312. The van der Waals surface area contributed by atoms with Crippen LogP contribution >= 0.6 is 0 Å². The molecule has 104 valence electrons. The number of hydrogen-bond donors (Lipinski definition) is 0. The third-order valence-electron chi connectivity index (χ3n) is 3.39. The zero-order valence-electron chi connectivity index (χ0n) is 11.9. The van der Waals surface area contributed by atoms with Crippen LogP contribution in [0.25, 0.3) is 0 Å². The zero-order chi connectivity index (χ0) is 14.4. The smallest absolute Gasteiger partial charge is 0.226 e. The first kappa shape index (κ1) is 14.2. The highest BCUT2D eigenvalue weighted by Gasteiger charge is 2.16. The van der Waals surface area contributed by atoms with Gasteiger partial charge in [0.25, 0.3) is 0 Å². The average molecular weight is 269 g/mol. The molecule has 0 spiro atoms. The predicted molar refractivity (Wildman–Crippen MR) is 78.1 cm³/mol. The summed E-state index contributed by atoms with van der Waals surface area (Å²) in [5.74, 6) is 0.111. The second-order valence-corrected chi connectivity index (χ2v) is 4.91. The minimum absolute atomic E-state index is 0.111. The van der Waals surface area contributed by atoms with Gasteiger partial charge in [0.15, 0.2) is 0 Å². The van der Waals surface area contributed by atoms with Crippen molar-refractivity contribution in [1.82, 2.24) is 14.9 Å². The van der Waals surface area contributed by atoms with Crippen LogP contribution in [0, 0.1) is 0 Å². The topological polar surface area (TPSA) is 46.1 Å². The van der Waals surface area contributed by atoms with Crippen molar-refractivity contribution in [3.8, 4) is 0 Å². The number of amides is 1. The maximum absolute atomic E-state index is 12.2. The molecular weight excluding hydrogens is 250 g/mol. The van der Waals surface area contributed by atoms with Crippen molar-refractivity contribution < 1.29 is 4.79 Å². The number of hydrogen-bond acceptors (Lipinski definition) is 3. The van der Waals surface area contributed by atoms with Gasteiger partial charge in [0.05, 0.1) is 6.42 Å². The highest BCUT2D eigenvalue weighted by molar-refractivity contribution is 5.78. The van der Waals surface area contributed by atoms with Gasteiger partial charge in [-0.05, 0) is 36.8 Å². The van der Waals surface area contributed by atoms with Crippen molar-refractivity contribution in [2.24, 2.45) is 0 Å².